The Hall–Kier alpha value is -2.51. The molecule has 3 aromatic rings. The van der Waals surface area contributed by atoms with E-state index in [-0.39, 0.29) is 5.91 Å². The molecular formula is C19H21N5OS. The smallest absolute Gasteiger partial charge is 0.231 e. The van der Waals surface area contributed by atoms with Crippen molar-refractivity contribution in [3.63, 3.8) is 0 Å². The zero-order valence-corrected chi connectivity index (χ0v) is 15.3. The molecule has 26 heavy (non-hydrogen) atoms. The number of nitrogens with two attached hydrogens (primary N) is 1. The Morgan fingerprint density at radius 2 is 1.96 bits per heavy atom. The second-order valence-corrected chi connectivity index (χ2v) is 7.33. The van der Waals surface area contributed by atoms with E-state index in [0.717, 1.165) is 48.6 Å². The first-order valence-corrected chi connectivity index (χ1v) is 9.63. The van der Waals surface area contributed by atoms with Gasteiger partial charge in [0.2, 0.25) is 5.91 Å². The van der Waals surface area contributed by atoms with Crippen molar-refractivity contribution in [3.8, 4) is 11.1 Å². The molecule has 1 aromatic carbocycles. The number of benzene rings is 1. The largest absolute Gasteiger partial charge is 0.369 e. The van der Waals surface area contributed by atoms with Gasteiger partial charge < -0.3 is 10.6 Å². The number of aromatic nitrogens is 2. The molecule has 2 N–H and O–H groups in total. The molecule has 3 heterocycles. The van der Waals surface area contributed by atoms with Crippen molar-refractivity contribution in [3.05, 3.63) is 42.0 Å². The molecular weight excluding hydrogens is 346 g/mol. The molecule has 0 spiro atoms. The van der Waals surface area contributed by atoms with E-state index in [2.05, 4.69) is 49.4 Å². The van der Waals surface area contributed by atoms with Gasteiger partial charge in [-0.2, -0.15) is 0 Å². The number of carbonyl (C=O) groups excluding carboxylic acids is 1. The molecule has 0 saturated carbocycles. The van der Waals surface area contributed by atoms with Gasteiger partial charge in [-0.3, -0.25) is 9.69 Å². The maximum absolute atomic E-state index is 11.2. The van der Waals surface area contributed by atoms with Crippen molar-refractivity contribution in [2.24, 2.45) is 5.73 Å². The summed E-state index contributed by atoms with van der Waals surface area (Å²) >= 11 is 1.65. The molecule has 0 bridgehead atoms. The predicted octanol–water partition coefficient (Wildman–Crippen LogP) is 2.36. The summed E-state index contributed by atoms with van der Waals surface area (Å²) < 4.78 is 0. The van der Waals surface area contributed by atoms with Crippen molar-refractivity contribution in [2.75, 3.05) is 37.6 Å². The van der Waals surface area contributed by atoms with Crippen LogP contribution in [0.1, 0.15) is 6.42 Å². The average Bonchev–Trinajstić information content (AvgIpc) is 2.96. The van der Waals surface area contributed by atoms with Gasteiger partial charge in [0.15, 0.2) is 0 Å². The number of primary amides is 1. The van der Waals surface area contributed by atoms with Gasteiger partial charge in [-0.25, -0.2) is 9.97 Å². The van der Waals surface area contributed by atoms with Crippen LogP contribution in [0, 0.1) is 0 Å². The number of carbonyl (C=O) groups is 1. The number of anilines is 1. The third-order valence-corrected chi connectivity index (χ3v) is 5.59. The Balaban J connectivity index is 1.68. The van der Waals surface area contributed by atoms with Crippen LogP contribution >= 0.6 is 11.3 Å². The summed E-state index contributed by atoms with van der Waals surface area (Å²) in [7, 11) is 0. The summed E-state index contributed by atoms with van der Waals surface area (Å²) in [6, 6.07) is 10.4. The minimum atomic E-state index is -0.271. The van der Waals surface area contributed by atoms with Crippen molar-refractivity contribution in [1.82, 2.24) is 14.9 Å². The van der Waals surface area contributed by atoms with Gasteiger partial charge >= 0.3 is 0 Å². The van der Waals surface area contributed by atoms with Crippen LogP contribution in [-0.2, 0) is 4.79 Å². The quantitative estimate of drug-likeness (QED) is 0.766. The number of amides is 1. The fraction of sp³-hybridized carbons (Fsp3) is 0.316. The van der Waals surface area contributed by atoms with E-state index in [1.807, 2.05) is 6.07 Å². The Bertz CT molecular complexity index is 911. The number of hydrogen-bond acceptors (Lipinski definition) is 6. The third kappa shape index (κ3) is 3.40. The lowest BCUT2D eigenvalue weighted by atomic mass is 10.1. The molecule has 6 nitrogen and oxygen atoms in total. The van der Waals surface area contributed by atoms with E-state index >= 15 is 0 Å². The van der Waals surface area contributed by atoms with Crippen LogP contribution < -0.4 is 10.6 Å². The van der Waals surface area contributed by atoms with Gasteiger partial charge in [0.1, 0.15) is 17.0 Å². The van der Waals surface area contributed by atoms with Crippen molar-refractivity contribution in [2.45, 2.75) is 6.42 Å². The SMILES string of the molecule is NC(=O)CN1CCCN(c2ncnc3scc(-c4ccccc4)c23)CC1. The van der Waals surface area contributed by atoms with E-state index < -0.39 is 0 Å². The van der Waals surface area contributed by atoms with Crippen LogP contribution in [0.2, 0.25) is 0 Å². The average molecular weight is 367 g/mol. The molecule has 1 amide bonds. The molecule has 1 saturated heterocycles. The minimum Gasteiger partial charge on any atom is -0.369 e. The van der Waals surface area contributed by atoms with Crippen LogP contribution in [0.5, 0.6) is 0 Å². The second kappa shape index (κ2) is 7.39. The van der Waals surface area contributed by atoms with Gasteiger partial charge in [0, 0.05) is 37.1 Å². The maximum Gasteiger partial charge on any atom is 0.231 e. The lowest BCUT2D eigenvalue weighted by Gasteiger charge is -2.23. The topological polar surface area (TPSA) is 75.4 Å². The number of hydrogen-bond donors (Lipinski definition) is 1. The summed E-state index contributed by atoms with van der Waals surface area (Å²) in [5.41, 5.74) is 7.71. The standard InChI is InChI=1S/C19H21N5OS/c20-16(25)11-23-7-4-8-24(10-9-23)18-17-15(14-5-2-1-3-6-14)12-26-19(17)22-13-21-18/h1-3,5-6,12-13H,4,7-11H2,(H2,20,25). The lowest BCUT2D eigenvalue weighted by Crippen LogP contribution is -2.36. The van der Waals surface area contributed by atoms with Crippen molar-refractivity contribution in [1.29, 1.82) is 0 Å². The molecule has 0 aliphatic carbocycles. The van der Waals surface area contributed by atoms with Gasteiger partial charge in [-0.05, 0) is 12.0 Å². The minimum absolute atomic E-state index is 0.271. The molecule has 1 aliphatic rings. The Kier molecular flexibility index (Phi) is 4.81. The zero-order chi connectivity index (χ0) is 17.9. The fourth-order valence-corrected chi connectivity index (χ4v) is 4.40. The van der Waals surface area contributed by atoms with Crippen LogP contribution in [-0.4, -0.2) is 53.5 Å². The molecule has 4 rings (SSSR count). The van der Waals surface area contributed by atoms with E-state index in [0.29, 0.717) is 6.54 Å². The number of thiophene rings is 1. The summed E-state index contributed by atoms with van der Waals surface area (Å²) in [4.78, 5) is 25.8. The molecule has 7 heteroatoms. The van der Waals surface area contributed by atoms with E-state index in [1.165, 1.54) is 11.1 Å². The monoisotopic (exact) mass is 367 g/mol. The van der Waals surface area contributed by atoms with Crippen molar-refractivity contribution >= 4 is 33.3 Å². The summed E-state index contributed by atoms with van der Waals surface area (Å²) in [6.45, 7) is 3.73. The molecule has 1 aliphatic heterocycles. The van der Waals surface area contributed by atoms with Gasteiger partial charge in [-0.1, -0.05) is 30.3 Å². The first-order chi connectivity index (χ1) is 12.7. The van der Waals surface area contributed by atoms with Gasteiger partial charge in [0.05, 0.1) is 11.9 Å². The van der Waals surface area contributed by atoms with E-state index in [9.17, 15) is 4.79 Å². The van der Waals surface area contributed by atoms with Crippen LogP contribution in [0.15, 0.2) is 42.0 Å². The highest BCUT2D eigenvalue weighted by Gasteiger charge is 2.21. The molecule has 134 valence electrons. The molecule has 2 aromatic heterocycles. The summed E-state index contributed by atoms with van der Waals surface area (Å²) in [5.74, 6) is 0.711. The van der Waals surface area contributed by atoms with Crippen LogP contribution in [0.3, 0.4) is 0 Å². The molecule has 0 radical (unpaired) electrons. The predicted molar refractivity (Wildman–Crippen MR) is 105 cm³/mol. The summed E-state index contributed by atoms with van der Waals surface area (Å²) in [6.07, 6.45) is 2.62. The molecule has 0 atom stereocenters. The van der Waals surface area contributed by atoms with E-state index in [1.54, 1.807) is 17.7 Å². The number of nitrogens with zero attached hydrogens (tertiary/aromatic N) is 4. The highest BCUT2D eigenvalue weighted by atomic mass is 32.1. The number of fused-ring (bicyclic) bond motifs is 1. The normalized spacial score (nSPS) is 15.9. The second-order valence-electron chi connectivity index (χ2n) is 6.48. The fourth-order valence-electron chi connectivity index (χ4n) is 3.49. The highest BCUT2D eigenvalue weighted by Crippen LogP contribution is 2.37. The van der Waals surface area contributed by atoms with Crippen molar-refractivity contribution < 1.29 is 4.79 Å². The van der Waals surface area contributed by atoms with E-state index in [4.69, 9.17) is 5.73 Å². The Labute approximate surface area is 156 Å². The van der Waals surface area contributed by atoms with Gasteiger partial charge in [-0.15, -0.1) is 11.3 Å². The third-order valence-electron chi connectivity index (χ3n) is 4.70. The molecule has 0 unspecified atom stereocenters. The lowest BCUT2D eigenvalue weighted by molar-refractivity contribution is -0.119. The first-order valence-electron chi connectivity index (χ1n) is 8.75. The highest BCUT2D eigenvalue weighted by molar-refractivity contribution is 7.17. The Morgan fingerprint density at radius 1 is 1.12 bits per heavy atom. The first kappa shape index (κ1) is 16.9. The number of rotatable bonds is 4. The Morgan fingerprint density at radius 3 is 2.77 bits per heavy atom. The maximum atomic E-state index is 11.2. The van der Waals surface area contributed by atoms with Crippen LogP contribution in [0.25, 0.3) is 21.3 Å². The zero-order valence-electron chi connectivity index (χ0n) is 14.5. The van der Waals surface area contributed by atoms with Gasteiger partial charge in [0.25, 0.3) is 0 Å². The summed E-state index contributed by atoms with van der Waals surface area (Å²) in [5, 5.41) is 3.28. The van der Waals surface area contributed by atoms with Crippen LogP contribution in [0.4, 0.5) is 5.82 Å². The molecule has 1 fully saturated rings.